The highest BCUT2D eigenvalue weighted by molar-refractivity contribution is 7.83. The van der Waals surface area contributed by atoms with E-state index in [1.807, 2.05) is 32.0 Å². The number of benzene rings is 1. The number of ether oxygens (including phenoxy) is 2. The van der Waals surface area contributed by atoms with Gasteiger partial charge in [-0.2, -0.15) is 13.1 Å². The first kappa shape index (κ1) is 16.2. The van der Waals surface area contributed by atoms with Gasteiger partial charge in [0.05, 0.1) is 5.41 Å². The lowest BCUT2D eigenvalue weighted by Crippen LogP contribution is -2.34. The van der Waals surface area contributed by atoms with Crippen LogP contribution in [0.2, 0.25) is 0 Å². The van der Waals surface area contributed by atoms with E-state index in [4.69, 9.17) is 14.0 Å². The first-order valence-corrected chi connectivity index (χ1v) is 8.15. The monoisotopic (exact) mass is 315 g/mol. The van der Waals surface area contributed by atoms with Gasteiger partial charge in [-0.25, -0.2) is 0 Å². The molecule has 0 fully saturated rings. The van der Waals surface area contributed by atoms with Crippen molar-refractivity contribution in [1.29, 1.82) is 0 Å². The van der Waals surface area contributed by atoms with Crippen LogP contribution in [0.15, 0.2) is 18.2 Å². The molecule has 118 valence electrons. The lowest BCUT2D eigenvalue weighted by molar-refractivity contribution is -0.0779. The van der Waals surface area contributed by atoms with Gasteiger partial charge in [0.1, 0.15) is 5.75 Å². The van der Waals surface area contributed by atoms with E-state index in [0.717, 1.165) is 16.9 Å². The summed E-state index contributed by atoms with van der Waals surface area (Å²) in [5, 5.41) is 0. The van der Waals surface area contributed by atoms with Gasteiger partial charge < -0.3 is 9.47 Å². The molecule has 2 rings (SSSR count). The number of fused-ring (bicyclic) bond motifs is 1. The van der Waals surface area contributed by atoms with Crippen LogP contribution < -0.4 is 9.46 Å². The van der Waals surface area contributed by atoms with Crippen molar-refractivity contribution < 1.29 is 22.4 Å². The first-order chi connectivity index (χ1) is 9.63. The summed E-state index contributed by atoms with van der Waals surface area (Å²) in [7, 11) is -2.58. The number of methoxy groups -OCH3 is 1. The molecule has 0 radical (unpaired) electrons. The van der Waals surface area contributed by atoms with Crippen molar-refractivity contribution in [2.24, 2.45) is 0 Å². The third-order valence-electron chi connectivity index (χ3n) is 3.67. The van der Waals surface area contributed by atoms with Crippen molar-refractivity contribution in [2.45, 2.75) is 44.9 Å². The van der Waals surface area contributed by atoms with Crippen molar-refractivity contribution in [1.82, 2.24) is 4.72 Å². The molecule has 2 atom stereocenters. The maximum absolute atomic E-state index is 10.8. The second-order valence-corrected chi connectivity index (χ2v) is 7.12. The molecule has 2 N–H and O–H groups in total. The van der Waals surface area contributed by atoms with E-state index in [1.165, 1.54) is 0 Å². The predicted octanol–water partition coefficient (Wildman–Crippen LogP) is 1.65. The fourth-order valence-electron chi connectivity index (χ4n) is 2.69. The van der Waals surface area contributed by atoms with Crippen molar-refractivity contribution in [3.05, 3.63) is 29.3 Å². The van der Waals surface area contributed by atoms with Gasteiger partial charge in [0, 0.05) is 18.7 Å². The summed E-state index contributed by atoms with van der Waals surface area (Å²) >= 11 is 0. The van der Waals surface area contributed by atoms with Gasteiger partial charge in [0.15, 0.2) is 0 Å². The summed E-state index contributed by atoms with van der Waals surface area (Å²) in [4.78, 5) is 0. The largest absolute Gasteiger partial charge is 0.464 e. The Morgan fingerprint density at radius 2 is 2.14 bits per heavy atom. The van der Waals surface area contributed by atoms with Crippen LogP contribution in [0, 0.1) is 0 Å². The molecule has 1 aromatic rings. The summed E-state index contributed by atoms with van der Waals surface area (Å²) in [6.07, 6.45) is 0.136. The normalized spacial score (nSPS) is 21.7. The highest BCUT2D eigenvalue weighted by Gasteiger charge is 2.42. The topological polar surface area (TPSA) is 84.9 Å². The fourth-order valence-corrected chi connectivity index (χ4v) is 3.28. The zero-order chi connectivity index (χ0) is 15.8. The molecule has 0 aromatic heterocycles. The Morgan fingerprint density at radius 3 is 2.71 bits per heavy atom. The average Bonchev–Trinajstić information content (AvgIpc) is 2.58. The van der Waals surface area contributed by atoms with E-state index in [1.54, 1.807) is 14.0 Å². The van der Waals surface area contributed by atoms with E-state index in [2.05, 4.69) is 4.72 Å². The average molecular weight is 315 g/mol. The summed E-state index contributed by atoms with van der Waals surface area (Å²) in [5.74, 6) is 0.783. The van der Waals surface area contributed by atoms with Crippen LogP contribution in [0.3, 0.4) is 0 Å². The van der Waals surface area contributed by atoms with Crippen molar-refractivity contribution in [3.63, 3.8) is 0 Å². The number of hydrogen-bond donors (Lipinski definition) is 2. The highest BCUT2D eigenvalue weighted by atomic mass is 32.2. The minimum Gasteiger partial charge on any atom is -0.464 e. The summed E-state index contributed by atoms with van der Waals surface area (Å²) < 4.78 is 43.7. The van der Waals surface area contributed by atoms with Crippen LogP contribution in [0.25, 0.3) is 0 Å². The van der Waals surface area contributed by atoms with Gasteiger partial charge in [-0.05, 0) is 38.8 Å². The standard InChI is InChI=1S/C14H21NO5S/c1-9(15-21(16,17)18)7-10-5-6-12-11(8-10)14(2,3)13(19-4)20-12/h5-6,8-9,13,15H,7H2,1-4H3,(H,16,17,18). The molecule has 21 heavy (non-hydrogen) atoms. The SMILES string of the molecule is COC1Oc2ccc(CC(C)NS(=O)(=O)O)cc2C1(C)C. The maximum atomic E-state index is 10.8. The second kappa shape index (κ2) is 5.57. The Labute approximate surface area is 125 Å². The molecule has 0 bridgehead atoms. The van der Waals surface area contributed by atoms with Crippen molar-refractivity contribution >= 4 is 10.3 Å². The Hall–Kier alpha value is -1.15. The van der Waals surface area contributed by atoms with E-state index in [0.29, 0.717) is 6.42 Å². The lowest BCUT2D eigenvalue weighted by Gasteiger charge is -2.24. The third-order valence-corrected chi connectivity index (χ3v) is 4.37. The molecule has 0 saturated heterocycles. The van der Waals surface area contributed by atoms with Gasteiger partial charge in [-0.3, -0.25) is 4.55 Å². The van der Waals surface area contributed by atoms with Crippen LogP contribution in [-0.2, 0) is 26.9 Å². The Morgan fingerprint density at radius 1 is 1.48 bits per heavy atom. The Kier molecular flexibility index (Phi) is 4.30. The number of nitrogens with one attached hydrogen (secondary N) is 1. The maximum Gasteiger partial charge on any atom is 0.333 e. The molecule has 1 aromatic carbocycles. The Bertz CT molecular complexity index is 626. The van der Waals surface area contributed by atoms with Crippen LogP contribution in [0.5, 0.6) is 5.75 Å². The zero-order valence-electron chi connectivity index (χ0n) is 12.6. The molecular weight excluding hydrogens is 294 g/mol. The molecule has 1 aliphatic heterocycles. The van der Waals surface area contributed by atoms with Gasteiger partial charge >= 0.3 is 10.3 Å². The minimum atomic E-state index is -4.19. The van der Waals surface area contributed by atoms with Gasteiger partial charge in [-0.15, -0.1) is 0 Å². The molecular formula is C14H21NO5S. The number of rotatable bonds is 5. The van der Waals surface area contributed by atoms with Gasteiger partial charge in [-0.1, -0.05) is 12.1 Å². The van der Waals surface area contributed by atoms with E-state index >= 15 is 0 Å². The smallest absolute Gasteiger partial charge is 0.333 e. The van der Waals surface area contributed by atoms with Crippen molar-refractivity contribution in [3.8, 4) is 5.75 Å². The molecule has 7 heteroatoms. The Balaban J connectivity index is 2.20. The third kappa shape index (κ3) is 3.55. The highest BCUT2D eigenvalue weighted by Crippen LogP contribution is 2.43. The molecule has 1 heterocycles. The fraction of sp³-hybridized carbons (Fsp3) is 0.571. The van der Waals surface area contributed by atoms with E-state index < -0.39 is 16.3 Å². The zero-order valence-corrected chi connectivity index (χ0v) is 13.4. The molecule has 6 nitrogen and oxygen atoms in total. The minimum absolute atomic E-state index is 0.278. The van der Waals surface area contributed by atoms with Crippen LogP contribution >= 0.6 is 0 Å². The van der Waals surface area contributed by atoms with Gasteiger partial charge in [0.25, 0.3) is 0 Å². The molecule has 1 aliphatic rings. The van der Waals surface area contributed by atoms with Crippen LogP contribution in [0.4, 0.5) is 0 Å². The molecule has 2 unspecified atom stereocenters. The molecule has 0 aliphatic carbocycles. The molecule has 0 saturated carbocycles. The molecule has 0 spiro atoms. The summed E-state index contributed by atoms with van der Waals surface area (Å²) in [6.45, 7) is 5.77. The van der Waals surface area contributed by atoms with Crippen LogP contribution in [-0.4, -0.2) is 32.4 Å². The first-order valence-electron chi connectivity index (χ1n) is 6.71. The summed E-state index contributed by atoms with van der Waals surface area (Å²) in [5.41, 5.74) is 1.72. The predicted molar refractivity (Wildman–Crippen MR) is 78.7 cm³/mol. The van der Waals surface area contributed by atoms with E-state index in [-0.39, 0.29) is 11.7 Å². The quantitative estimate of drug-likeness (QED) is 0.807. The number of hydrogen-bond acceptors (Lipinski definition) is 4. The lowest BCUT2D eigenvalue weighted by atomic mass is 9.84. The molecule has 0 amide bonds. The van der Waals surface area contributed by atoms with Crippen molar-refractivity contribution in [2.75, 3.05) is 7.11 Å². The van der Waals surface area contributed by atoms with Gasteiger partial charge in [0.2, 0.25) is 6.29 Å². The van der Waals surface area contributed by atoms with Crippen LogP contribution in [0.1, 0.15) is 31.9 Å². The summed E-state index contributed by atoms with van der Waals surface area (Å²) in [6, 6.07) is 5.35. The van der Waals surface area contributed by atoms with E-state index in [9.17, 15) is 8.42 Å². The second-order valence-electron chi connectivity index (χ2n) is 5.94.